The lowest BCUT2D eigenvalue weighted by Gasteiger charge is -2.13. The van der Waals surface area contributed by atoms with Crippen LogP contribution in [-0.4, -0.2) is 38.9 Å². The molecule has 1 aromatic carbocycles. The van der Waals surface area contributed by atoms with E-state index in [1.165, 1.54) is 12.1 Å². The first-order valence-electron chi connectivity index (χ1n) is 8.40. The smallest absolute Gasteiger partial charge is 0.387 e. The molecular weight excluding hydrogens is 479 g/mol. The Morgan fingerprint density at radius 2 is 2.00 bits per heavy atom. The molecule has 0 aliphatic heterocycles. The van der Waals surface area contributed by atoms with Crippen molar-refractivity contribution < 1.29 is 18.3 Å². The molecule has 1 aromatic rings. The number of alkyl halides is 2. The SMILES string of the molecule is CCNC(=NCc1cc(Cl)ccc1OC(F)F)NCCCCOCC.I. The first-order chi connectivity index (χ1) is 12.1. The summed E-state index contributed by atoms with van der Waals surface area (Å²) < 4.78 is 34.8. The van der Waals surface area contributed by atoms with E-state index in [1.807, 2.05) is 13.8 Å². The summed E-state index contributed by atoms with van der Waals surface area (Å²) in [6.07, 6.45) is 1.90. The first kappa shape index (κ1) is 25.1. The van der Waals surface area contributed by atoms with E-state index in [1.54, 1.807) is 6.07 Å². The highest BCUT2D eigenvalue weighted by atomic mass is 127. The number of benzene rings is 1. The van der Waals surface area contributed by atoms with Crippen LogP contribution in [-0.2, 0) is 11.3 Å². The van der Waals surface area contributed by atoms with E-state index in [9.17, 15) is 8.78 Å². The van der Waals surface area contributed by atoms with Gasteiger partial charge in [0.15, 0.2) is 5.96 Å². The Bertz CT molecular complexity index is 537. The number of halogens is 4. The van der Waals surface area contributed by atoms with Crippen LogP contribution in [0.15, 0.2) is 23.2 Å². The van der Waals surface area contributed by atoms with Gasteiger partial charge in [0.05, 0.1) is 6.54 Å². The van der Waals surface area contributed by atoms with Crippen LogP contribution in [0.2, 0.25) is 5.02 Å². The van der Waals surface area contributed by atoms with Crippen LogP contribution < -0.4 is 15.4 Å². The van der Waals surface area contributed by atoms with E-state index >= 15 is 0 Å². The minimum absolute atomic E-state index is 0. The molecule has 0 aliphatic carbocycles. The van der Waals surface area contributed by atoms with Crippen molar-refractivity contribution in [2.45, 2.75) is 39.8 Å². The number of rotatable bonds is 11. The molecule has 0 heterocycles. The van der Waals surface area contributed by atoms with Crippen molar-refractivity contribution in [2.24, 2.45) is 4.99 Å². The molecule has 0 aliphatic rings. The number of aliphatic imine (C=N–C) groups is 1. The molecule has 2 N–H and O–H groups in total. The van der Waals surface area contributed by atoms with Crippen molar-refractivity contribution >= 4 is 41.5 Å². The summed E-state index contributed by atoms with van der Waals surface area (Å²) in [7, 11) is 0. The van der Waals surface area contributed by atoms with E-state index in [2.05, 4.69) is 20.4 Å². The molecule has 0 bridgehead atoms. The lowest BCUT2D eigenvalue weighted by molar-refractivity contribution is -0.0504. The molecule has 0 atom stereocenters. The van der Waals surface area contributed by atoms with Gasteiger partial charge in [-0.05, 0) is 44.9 Å². The third kappa shape index (κ3) is 11.0. The Morgan fingerprint density at radius 3 is 2.65 bits per heavy atom. The van der Waals surface area contributed by atoms with E-state index < -0.39 is 6.61 Å². The van der Waals surface area contributed by atoms with Crippen LogP contribution in [0.5, 0.6) is 5.75 Å². The molecule has 0 aromatic heterocycles. The number of ether oxygens (including phenoxy) is 2. The summed E-state index contributed by atoms with van der Waals surface area (Å²) in [5.74, 6) is 0.692. The fourth-order valence-corrected chi connectivity index (χ4v) is 2.26. The normalized spacial score (nSPS) is 11.2. The average Bonchev–Trinajstić information content (AvgIpc) is 2.57. The van der Waals surface area contributed by atoms with Crippen LogP contribution in [0.25, 0.3) is 0 Å². The fraction of sp³-hybridized carbons (Fsp3) is 0.588. The summed E-state index contributed by atoms with van der Waals surface area (Å²) in [6, 6.07) is 4.51. The Kier molecular flexibility index (Phi) is 14.7. The monoisotopic (exact) mass is 505 g/mol. The van der Waals surface area contributed by atoms with Crippen LogP contribution in [0.4, 0.5) is 8.78 Å². The van der Waals surface area contributed by atoms with Crippen molar-refractivity contribution in [3.05, 3.63) is 28.8 Å². The predicted molar refractivity (Wildman–Crippen MR) is 112 cm³/mol. The van der Waals surface area contributed by atoms with Crippen molar-refractivity contribution in [3.63, 3.8) is 0 Å². The topological polar surface area (TPSA) is 54.9 Å². The quantitative estimate of drug-likeness (QED) is 0.202. The zero-order chi connectivity index (χ0) is 18.5. The molecule has 9 heteroatoms. The third-order valence-electron chi connectivity index (χ3n) is 3.20. The minimum atomic E-state index is -2.89. The van der Waals surface area contributed by atoms with Crippen LogP contribution in [0.3, 0.4) is 0 Å². The Balaban J connectivity index is 0.00000625. The second-order valence-corrected chi connectivity index (χ2v) is 5.59. The summed E-state index contributed by atoms with van der Waals surface area (Å²) in [6.45, 7) is 4.11. The Hall–Kier alpha value is -0.870. The number of unbranched alkanes of at least 4 members (excludes halogenated alkanes) is 1. The van der Waals surface area contributed by atoms with Crippen molar-refractivity contribution in [1.29, 1.82) is 0 Å². The minimum Gasteiger partial charge on any atom is -0.434 e. The van der Waals surface area contributed by atoms with Crippen LogP contribution in [0, 0.1) is 0 Å². The van der Waals surface area contributed by atoms with Gasteiger partial charge in [0, 0.05) is 36.9 Å². The van der Waals surface area contributed by atoms with E-state index in [0.717, 1.165) is 32.6 Å². The molecule has 0 saturated heterocycles. The second kappa shape index (κ2) is 15.2. The van der Waals surface area contributed by atoms with E-state index in [-0.39, 0.29) is 36.3 Å². The first-order valence-corrected chi connectivity index (χ1v) is 8.77. The second-order valence-electron chi connectivity index (χ2n) is 5.16. The van der Waals surface area contributed by atoms with Gasteiger partial charge in [0.1, 0.15) is 5.75 Å². The average molecular weight is 506 g/mol. The Morgan fingerprint density at radius 1 is 1.23 bits per heavy atom. The van der Waals surface area contributed by atoms with E-state index in [0.29, 0.717) is 23.1 Å². The maximum atomic E-state index is 12.5. The molecular formula is C17H27ClF2IN3O2. The lowest BCUT2D eigenvalue weighted by Crippen LogP contribution is -2.37. The number of nitrogens with one attached hydrogen (secondary N) is 2. The lowest BCUT2D eigenvalue weighted by atomic mass is 10.2. The number of nitrogens with zero attached hydrogens (tertiary/aromatic N) is 1. The molecule has 26 heavy (non-hydrogen) atoms. The summed E-state index contributed by atoms with van der Waals surface area (Å²) in [5.41, 5.74) is 0.501. The highest BCUT2D eigenvalue weighted by Crippen LogP contribution is 2.25. The maximum absolute atomic E-state index is 12.5. The Labute approximate surface area is 175 Å². The van der Waals surface area contributed by atoms with Gasteiger partial charge in [-0.3, -0.25) is 0 Å². The van der Waals surface area contributed by atoms with Gasteiger partial charge in [-0.15, -0.1) is 24.0 Å². The van der Waals surface area contributed by atoms with Gasteiger partial charge in [0.25, 0.3) is 0 Å². The maximum Gasteiger partial charge on any atom is 0.387 e. The molecule has 0 radical (unpaired) electrons. The van der Waals surface area contributed by atoms with Gasteiger partial charge in [-0.2, -0.15) is 8.78 Å². The molecule has 0 amide bonds. The van der Waals surface area contributed by atoms with Gasteiger partial charge in [-0.1, -0.05) is 11.6 Å². The molecule has 0 spiro atoms. The summed E-state index contributed by atoms with van der Waals surface area (Å²) in [4.78, 5) is 4.41. The highest BCUT2D eigenvalue weighted by molar-refractivity contribution is 14.0. The number of hydrogen-bond donors (Lipinski definition) is 2. The molecule has 1 rings (SSSR count). The molecule has 150 valence electrons. The fourth-order valence-electron chi connectivity index (χ4n) is 2.07. The number of hydrogen-bond acceptors (Lipinski definition) is 3. The molecule has 0 fully saturated rings. The van der Waals surface area contributed by atoms with Crippen molar-refractivity contribution in [1.82, 2.24) is 10.6 Å². The summed E-state index contributed by atoms with van der Waals surface area (Å²) >= 11 is 5.94. The van der Waals surface area contributed by atoms with Gasteiger partial charge < -0.3 is 20.1 Å². The largest absolute Gasteiger partial charge is 0.434 e. The number of guanidine groups is 1. The zero-order valence-corrected chi connectivity index (χ0v) is 18.2. The van der Waals surface area contributed by atoms with Crippen LogP contribution >= 0.6 is 35.6 Å². The van der Waals surface area contributed by atoms with Crippen molar-refractivity contribution in [2.75, 3.05) is 26.3 Å². The van der Waals surface area contributed by atoms with Gasteiger partial charge >= 0.3 is 6.61 Å². The van der Waals surface area contributed by atoms with E-state index in [4.69, 9.17) is 16.3 Å². The van der Waals surface area contributed by atoms with Crippen LogP contribution in [0.1, 0.15) is 32.3 Å². The highest BCUT2D eigenvalue weighted by Gasteiger charge is 2.10. The molecule has 0 saturated carbocycles. The molecule has 5 nitrogen and oxygen atoms in total. The van der Waals surface area contributed by atoms with Gasteiger partial charge in [-0.25, -0.2) is 4.99 Å². The molecule has 0 unspecified atom stereocenters. The zero-order valence-electron chi connectivity index (χ0n) is 15.1. The standard InChI is InChI=1S/C17H26ClF2N3O2.HI/c1-3-21-17(22-9-5-6-10-24-4-2)23-12-13-11-14(18)7-8-15(13)25-16(19)20;/h7-8,11,16H,3-6,9-10,12H2,1-2H3,(H2,21,22,23);1H. The third-order valence-corrected chi connectivity index (χ3v) is 3.44. The van der Waals surface area contributed by atoms with Crippen molar-refractivity contribution in [3.8, 4) is 5.75 Å². The summed E-state index contributed by atoms with van der Waals surface area (Å²) in [5, 5.41) is 6.76. The van der Waals surface area contributed by atoms with Gasteiger partial charge in [0.2, 0.25) is 0 Å². The predicted octanol–water partition coefficient (Wildman–Crippen LogP) is 4.43.